The van der Waals surface area contributed by atoms with Crippen molar-refractivity contribution in [1.82, 2.24) is 4.90 Å². The number of hydrogen-bond donors (Lipinski definition) is 2. The Bertz CT molecular complexity index is 1140. The maximum Gasteiger partial charge on any atom is 0.347 e. The van der Waals surface area contributed by atoms with E-state index in [4.69, 9.17) is 4.74 Å². The van der Waals surface area contributed by atoms with Crippen molar-refractivity contribution in [3.05, 3.63) is 77.9 Å². The third-order valence-corrected chi connectivity index (χ3v) is 6.18. The number of hydrogen-bond acceptors (Lipinski definition) is 4. The van der Waals surface area contributed by atoms with Gasteiger partial charge in [0.25, 0.3) is 5.91 Å². The monoisotopic (exact) mass is 433 g/mol. The third kappa shape index (κ3) is 4.18. The number of fused-ring (bicyclic) bond motifs is 1. The van der Waals surface area contributed by atoms with Gasteiger partial charge in [-0.2, -0.15) is 0 Å². The lowest BCUT2D eigenvalue weighted by atomic mass is 9.84. The van der Waals surface area contributed by atoms with Gasteiger partial charge in [0.2, 0.25) is 0 Å². The Kier molecular flexibility index (Phi) is 5.65. The Hall–Kier alpha value is -3.38. The molecule has 1 heterocycles. The molecule has 3 aromatic carbocycles. The van der Waals surface area contributed by atoms with E-state index in [2.05, 4.69) is 0 Å². The lowest BCUT2D eigenvalue weighted by Crippen LogP contribution is -2.45. The van der Waals surface area contributed by atoms with E-state index in [9.17, 15) is 19.8 Å². The number of aliphatic carboxylic acids is 1. The minimum atomic E-state index is -1.34. The van der Waals surface area contributed by atoms with Crippen LogP contribution in [0.1, 0.15) is 42.6 Å². The Morgan fingerprint density at radius 3 is 2.22 bits per heavy atom. The van der Waals surface area contributed by atoms with Crippen LogP contribution in [0.25, 0.3) is 10.8 Å². The molecule has 1 aliphatic heterocycles. The molecule has 0 bridgehead atoms. The topological polar surface area (TPSA) is 87.1 Å². The molecule has 166 valence electrons. The molecule has 4 rings (SSSR count). The molecule has 6 heteroatoms. The summed E-state index contributed by atoms with van der Waals surface area (Å²) in [5, 5.41) is 22.4. The minimum absolute atomic E-state index is 0.0245. The van der Waals surface area contributed by atoms with Crippen molar-refractivity contribution < 1.29 is 24.5 Å². The van der Waals surface area contributed by atoms with Crippen LogP contribution in [0.15, 0.2) is 66.7 Å². The number of carboxylic acids is 1. The Labute approximate surface area is 187 Å². The van der Waals surface area contributed by atoms with E-state index in [-0.39, 0.29) is 5.91 Å². The van der Waals surface area contributed by atoms with Gasteiger partial charge in [0, 0.05) is 18.7 Å². The number of carboxylic acid groups (broad SMARTS) is 1. The molecule has 3 aromatic rings. The van der Waals surface area contributed by atoms with Gasteiger partial charge in [0.1, 0.15) is 5.75 Å². The molecule has 1 fully saturated rings. The maximum absolute atomic E-state index is 13.2. The molecule has 1 amide bonds. The van der Waals surface area contributed by atoms with Crippen LogP contribution in [-0.2, 0) is 10.4 Å². The van der Waals surface area contributed by atoms with E-state index in [1.165, 1.54) is 13.8 Å². The van der Waals surface area contributed by atoms with E-state index < -0.39 is 17.2 Å². The van der Waals surface area contributed by atoms with Crippen LogP contribution >= 0.6 is 0 Å². The molecule has 0 radical (unpaired) electrons. The molecule has 0 unspecified atom stereocenters. The fourth-order valence-corrected chi connectivity index (χ4v) is 4.12. The summed E-state index contributed by atoms with van der Waals surface area (Å²) in [4.78, 5) is 26.2. The van der Waals surface area contributed by atoms with Crippen LogP contribution in [0.4, 0.5) is 0 Å². The van der Waals surface area contributed by atoms with Gasteiger partial charge in [-0.05, 0) is 61.2 Å². The number of amides is 1. The summed E-state index contributed by atoms with van der Waals surface area (Å²) in [7, 11) is 0. The summed E-state index contributed by atoms with van der Waals surface area (Å²) in [6.07, 6.45) is 0.842. The normalized spacial score (nSPS) is 16.0. The van der Waals surface area contributed by atoms with Gasteiger partial charge in [-0.25, -0.2) is 4.79 Å². The van der Waals surface area contributed by atoms with Crippen LogP contribution < -0.4 is 4.74 Å². The molecular formula is C26H27NO5. The van der Waals surface area contributed by atoms with Crippen LogP contribution in [-0.4, -0.2) is 45.7 Å². The highest BCUT2D eigenvalue weighted by molar-refractivity contribution is 6.07. The molecule has 0 atom stereocenters. The number of ether oxygens (including phenoxy) is 1. The van der Waals surface area contributed by atoms with Gasteiger partial charge in [-0.3, -0.25) is 4.79 Å². The first-order valence-corrected chi connectivity index (χ1v) is 10.7. The first-order valence-electron chi connectivity index (χ1n) is 10.7. The number of likely N-dealkylation sites (tertiary alicyclic amines) is 1. The zero-order valence-electron chi connectivity index (χ0n) is 18.2. The molecule has 0 aliphatic carbocycles. The summed E-state index contributed by atoms with van der Waals surface area (Å²) >= 11 is 0. The van der Waals surface area contributed by atoms with E-state index in [0.29, 0.717) is 37.2 Å². The zero-order chi connectivity index (χ0) is 22.9. The maximum atomic E-state index is 13.2. The Balaban J connectivity index is 1.45. The van der Waals surface area contributed by atoms with Crippen LogP contribution in [0.3, 0.4) is 0 Å². The standard InChI is InChI=1S/C26H27NO5/c1-25(2,24(29)30)32-20-12-10-19(11-13-20)26(31)14-16-27(17-15-26)23(28)22-9-5-7-18-6-3-4-8-21(18)22/h3-13,31H,14-17H2,1-2H3,(H,29,30). The largest absolute Gasteiger partial charge is 0.478 e. The second-order valence-electron chi connectivity index (χ2n) is 8.79. The molecule has 0 spiro atoms. The number of nitrogens with zero attached hydrogens (tertiary/aromatic N) is 1. The SMILES string of the molecule is CC(C)(Oc1ccc(C2(O)CCN(C(=O)c3cccc4ccccc34)CC2)cc1)C(=O)O. The fourth-order valence-electron chi connectivity index (χ4n) is 4.12. The number of benzene rings is 3. The number of carbonyl (C=O) groups is 2. The predicted octanol–water partition coefficient (Wildman–Crippen LogP) is 4.21. The lowest BCUT2D eigenvalue weighted by molar-refractivity contribution is -0.152. The number of piperidine rings is 1. The van der Waals surface area contributed by atoms with Gasteiger partial charge in [0.15, 0.2) is 5.60 Å². The molecule has 0 aromatic heterocycles. The number of carbonyl (C=O) groups excluding carboxylic acids is 1. The van der Waals surface area contributed by atoms with Gasteiger partial charge in [-0.15, -0.1) is 0 Å². The fraction of sp³-hybridized carbons (Fsp3) is 0.308. The van der Waals surface area contributed by atoms with Crippen molar-refractivity contribution in [2.75, 3.05) is 13.1 Å². The summed E-state index contributed by atoms with van der Waals surface area (Å²) in [5.41, 5.74) is -0.978. The summed E-state index contributed by atoms with van der Waals surface area (Å²) in [6.45, 7) is 3.87. The predicted molar refractivity (Wildman–Crippen MR) is 122 cm³/mol. The first-order chi connectivity index (χ1) is 15.2. The van der Waals surface area contributed by atoms with Crippen LogP contribution in [0, 0.1) is 0 Å². The van der Waals surface area contributed by atoms with Gasteiger partial charge in [-0.1, -0.05) is 48.5 Å². The summed E-state index contributed by atoms with van der Waals surface area (Å²) in [6, 6.07) is 20.4. The van der Waals surface area contributed by atoms with Gasteiger partial charge in [0.05, 0.1) is 5.60 Å². The smallest absolute Gasteiger partial charge is 0.347 e. The number of rotatable bonds is 5. The Morgan fingerprint density at radius 2 is 1.56 bits per heavy atom. The summed E-state index contributed by atoms with van der Waals surface area (Å²) < 4.78 is 5.54. The van der Waals surface area contributed by atoms with E-state index in [0.717, 1.165) is 16.3 Å². The van der Waals surface area contributed by atoms with Crippen LogP contribution in [0.2, 0.25) is 0 Å². The molecule has 32 heavy (non-hydrogen) atoms. The Morgan fingerprint density at radius 1 is 0.938 bits per heavy atom. The third-order valence-electron chi connectivity index (χ3n) is 6.18. The first kappa shape index (κ1) is 21.8. The summed E-state index contributed by atoms with van der Waals surface area (Å²) in [5.74, 6) is -0.653. The second-order valence-corrected chi connectivity index (χ2v) is 8.79. The molecule has 1 saturated heterocycles. The zero-order valence-corrected chi connectivity index (χ0v) is 18.2. The highest BCUT2D eigenvalue weighted by Gasteiger charge is 2.36. The molecule has 1 aliphatic rings. The van der Waals surface area contributed by atoms with Crippen molar-refractivity contribution in [2.45, 2.75) is 37.9 Å². The van der Waals surface area contributed by atoms with Crippen molar-refractivity contribution >= 4 is 22.6 Å². The van der Waals surface area contributed by atoms with Crippen LogP contribution in [0.5, 0.6) is 5.75 Å². The van der Waals surface area contributed by atoms with Gasteiger partial charge < -0.3 is 19.8 Å². The van der Waals surface area contributed by atoms with E-state index >= 15 is 0 Å². The average molecular weight is 434 g/mol. The van der Waals surface area contributed by atoms with Crippen molar-refractivity contribution in [2.24, 2.45) is 0 Å². The van der Waals surface area contributed by atoms with E-state index in [1.807, 2.05) is 42.5 Å². The molecular weight excluding hydrogens is 406 g/mol. The highest BCUT2D eigenvalue weighted by Crippen LogP contribution is 2.35. The minimum Gasteiger partial charge on any atom is -0.478 e. The quantitative estimate of drug-likeness (QED) is 0.630. The van der Waals surface area contributed by atoms with Gasteiger partial charge >= 0.3 is 5.97 Å². The average Bonchev–Trinajstić information content (AvgIpc) is 2.79. The van der Waals surface area contributed by atoms with Crippen molar-refractivity contribution in [1.29, 1.82) is 0 Å². The number of aliphatic hydroxyl groups is 1. The van der Waals surface area contributed by atoms with E-state index in [1.54, 1.807) is 29.2 Å². The second kappa shape index (κ2) is 8.28. The molecule has 6 nitrogen and oxygen atoms in total. The van der Waals surface area contributed by atoms with Crippen molar-refractivity contribution in [3.63, 3.8) is 0 Å². The molecule has 0 saturated carbocycles. The van der Waals surface area contributed by atoms with Crippen molar-refractivity contribution in [3.8, 4) is 5.75 Å². The lowest BCUT2D eigenvalue weighted by Gasteiger charge is -2.38. The highest BCUT2D eigenvalue weighted by atomic mass is 16.5. The molecule has 2 N–H and O–H groups in total.